The summed E-state index contributed by atoms with van der Waals surface area (Å²) in [5.74, 6) is -1.42. The number of benzene rings is 2. The Balaban J connectivity index is 1.82. The Morgan fingerprint density at radius 2 is 1.52 bits per heavy atom. The van der Waals surface area contributed by atoms with Crippen LogP contribution in [0.1, 0.15) is 21.5 Å². The Labute approximate surface area is 145 Å². The van der Waals surface area contributed by atoms with Crippen LogP contribution in [0.2, 0.25) is 0 Å². The van der Waals surface area contributed by atoms with Gasteiger partial charge < -0.3 is 9.47 Å². The number of ketones is 1. The Morgan fingerprint density at radius 1 is 0.880 bits per heavy atom. The number of carbonyl (C=O) groups is 3. The van der Waals surface area contributed by atoms with Crippen molar-refractivity contribution < 1.29 is 23.9 Å². The van der Waals surface area contributed by atoms with E-state index in [1.807, 2.05) is 26.0 Å². The second kappa shape index (κ2) is 8.59. The van der Waals surface area contributed by atoms with E-state index in [0.717, 1.165) is 23.3 Å². The molecule has 0 aromatic heterocycles. The lowest BCUT2D eigenvalue weighted by molar-refractivity contribution is -0.137. The molecule has 25 heavy (non-hydrogen) atoms. The van der Waals surface area contributed by atoms with E-state index in [4.69, 9.17) is 9.47 Å². The number of rotatable bonds is 6. The van der Waals surface area contributed by atoms with Gasteiger partial charge in [-0.25, -0.2) is 9.59 Å². The highest BCUT2D eigenvalue weighted by atomic mass is 16.5. The van der Waals surface area contributed by atoms with Crippen molar-refractivity contribution in [2.45, 2.75) is 13.8 Å². The standard InChI is InChI=1S/C20H18O5/c1-14-5-3-7-16(11-14)18(21)13-24-19(22)9-10-20(23)25-17-8-4-6-15(2)12-17/h3-12H,13H2,1-2H3/b10-9+. The third-order valence-electron chi connectivity index (χ3n) is 3.25. The van der Waals surface area contributed by atoms with Gasteiger partial charge in [0.1, 0.15) is 5.75 Å². The van der Waals surface area contributed by atoms with Crippen molar-refractivity contribution in [3.63, 3.8) is 0 Å². The van der Waals surface area contributed by atoms with Crippen LogP contribution in [0.15, 0.2) is 60.7 Å². The first-order valence-electron chi connectivity index (χ1n) is 7.67. The fourth-order valence-electron chi connectivity index (χ4n) is 2.05. The van der Waals surface area contributed by atoms with Crippen molar-refractivity contribution in [2.75, 3.05) is 6.61 Å². The fourth-order valence-corrected chi connectivity index (χ4v) is 2.05. The van der Waals surface area contributed by atoms with E-state index in [-0.39, 0.29) is 12.4 Å². The van der Waals surface area contributed by atoms with Gasteiger partial charge >= 0.3 is 11.9 Å². The highest BCUT2D eigenvalue weighted by molar-refractivity contribution is 5.99. The number of hydrogen-bond acceptors (Lipinski definition) is 5. The lowest BCUT2D eigenvalue weighted by atomic mass is 10.1. The molecular formula is C20H18O5. The maximum absolute atomic E-state index is 11.9. The van der Waals surface area contributed by atoms with Crippen molar-refractivity contribution in [2.24, 2.45) is 0 Å². The van der Waals surface area contributed by atoms with Gasteiger partial charge in [0.15, 0.2) is 12.4 Å². The van der Waals surface area contributed by atoms with Crippen LogP contribution in [0, 0.1) is 13.8 Å². The number of ether oxygens (including phenoxy) is 2. The molecule has 0 unspecified atom stereocenters. The lowest BCUT2D eigenvalue weighted by Crippen LogP contribution is -2.13. The summed E-state index contributed by atoms with van der Waals surface area (Å²) in [6, 6.07) is 13.9. The average molecular weight is 338 g/mol. The SMILES string of the molecule is Cc1cccc(OC(=O)/C=C/C(=O)OCC(=O)c2cccc(C)c2)c1. The van der Waals surface area contributed by atoms with Crippen LogP contribution in [0.25, 0.3) is 0 Å². The third kappa shape index (κ3) is 6.06. The van der Waals surface area contributed by atoms with Crippen molar-refractivity contribution in [3.05, 3.63) is 77.4 Å². The highest BCUT2D eigenvalue weighted by Crippen LogP contribution is 2.12. The zero-order chi connectivity index (χ0) is 18.2. The van der Waals surface area contributed by atoms with E-state index in [1.54, 1.807) is 36.4 Å². The van der Waals surface area contributed by atoms with Crippen LogP contribution < -0.4 is 4.74 Å². The Kier molecular flexibility index (Phi) is 6.23. The van der Waals surface area contributed by atoms with Crippen molar-refractivity contribution in [3.8, 4) is 5.75 Å². The molecule has 0 saturated carbocycles. The molecule has 0 atom stereocenters. The van der Waals surface area contributed by atoms with Gasteiger partial charge in [0.05, 0.1) is 0 Å². The quantitative estimate of drug-likeness (QED) is 0.350. The molecule has 0 amide bonds. The zero-order valence-electron chi connectivity index (χ0n) is 14.0. The summed E-state index contributed by atoms with van der Waals surface area (Å²) in [7, 11) is 0. The van der Waals surface area contributed by atoms with Crippen LogP contribution in [0.3, 0.4) is 0 Å². The number of carbonyl (C=O) groups excluding carboxylic acids is 3. The molecule has 2 aromatic rings. The molecule has 0 heterocycles. The van der Waals surface area contributed by atoms with Crippen LogP contribution in [0.4, 0.5) is 0 Å². The van der Waals surface area contributed by atoms with Crippen LogP contribution >= 0.6 is 0 Å². The van der Waals surface area contributed by atoms with E-state index in [0.29, 0.717) is 11.3 Å². The summed E-state index contributed by atoms with van der Waals surface area (Å²) in [6.45, 7) is 3.35. The van der Waals surface area contributed by atoms with Crippen LogP contribution in [-0.4, -0.2) is 24.3 Å². The van der Waals surface area contributed by atoms with Gasteiger partial charge in [-0.1, -0.05) is 35.9 Å². The Morgan fingerprint density at radius 3 is 2.20 bits per heavy atom. The number of aryl methyl sites for hydroxylation is 2. The number of Topliss-reactive ketones (excluding diaryl/α,β-unsaturated/α-hetero) is 1. The predicted molar refractivity (Wildman–Crippen MR) is 92.4 cm³/mol. The topological polar surface area (TPSA) is 69.7 Å². The molecular weight excluding hydrogens is 320 g/mol. The minimum atomic E-state index is -0.790. The largest absolute Gasteiger partial charge is 0.454 e. The Bertz CT molecular complexity index is 820. The van der Waals surface area contributed by atoms with E-state index in [1.165, 1.54) is 0 Å². The summed E-state index contributed by atoms with van der Waals surface area (Å²) < 4.78 is 9.89. The smallest absolute Gasteiger partial charge is 0.336 e. The van der Waals surface area contributed by atoms with Crippen molar-refractivity contribution in [1.82, 2.24) is 0 Å². The molecule has 0 aliphatic rings. The minimum Gasteiger partial charge on any atom is -0.454 e. The summed E-state index contributed by atoms with van der Waals surface area (Å²) >= 11 is 0. The van der Waals surface area contributed by atoms with E-state index in [9.17, 15) is 14.4 Å². The molecule has 2 aromatic carbocycles. The summed E-state index contributed by atoms with van der Waals surface area (Å²) in [5.41, 5.74) is 2.36. The molecule has 0 spiro atoms. The summed E-state index contributed by atoms with van der Waals surface area (Å²) in [6.07, 6.45) is 1.89. The molecule has 0 fully saturated rings. The van der Waals surface area contributed by atoms with Crippen LogP contribution in [-0.2, 0) is 14.3 Å². The molecule has 0 saturated heterocycles. The monoisotopic (exact) mass is 338 g/mol. The second-order valence-electron chi connectivity index (χ2n) is 5.47. The second-order valence-corrected chi connectivity index (χ2v) is 5.47. The average Bonchev–Trinajstić information content (AvgIpc) is 2.58. The Hall–Kier alpha value is -3.21. The van der Waals surface area contributed by atoms with Gasteiger partial charge in [-0.15, -0.1) is 0 Å². The van der Waals surface area contributed by atoms with E-state index < -0.39 is 11.9 Å². The van der Waals surface area contributed by atoms with Crippen LogP contribution in [0.5, 0.6) is 5.75 Å². The van der Waals surface area contributed by atoms with Gasteiger partial charge in [-0.3, -0.25) is 4.79 Å². The summed E-state index contributed by atoms with van der Waals surface area (Å²) in [4.78, 5) is 35.1. The normalized spacial score (nSPS) is 10.5. The molecule has 0 N–H and O–H groups in total. The lowest BCUT2D eigenvalue weighted by Gasteiger charge is -2.03. The molecule has 128 valence electrons. The molecule has 0 aliphatic carbocycles. The molecule has 5 nitrogen and oxygen atoms in total. The van der Waals surface area contributed by atoms with Gasteiger partial charge in [0.2, 0.25) is 0 Å². The molecule has 0 bridgehead atoms. The summed E-state index contributed by atoms with van der Waals surface area (Å²) in [5, 5.41) is 0. The van der Waals surface area contributed by atoms with Gasteiger partial charge in [-0.05, 0) is 37.6 Å². The van der Waals surface area contributed by atoms with Gasteiger partial charge in [0, 0.05) is 17.7 Å². The third-order valence-corrected chi connectivity index (χ3v) is 3.25. The predicted octanol–water partition coefficient (Wildman–Crippen LogP) is 3.19. The first kappa shape index (κ1) is 18.1. The maximum atomic E-state index is 11.9. The van der Waals surface area contributed by atoms with Gasteiger partial charge in [-0.2, -0.15) is 0 Å². The fraction of sp³-hybridized carbons (Fsp3) is 0.150. The first-order chi connectivity index (χ1) is 11.9. The first-order valence-corrected chi connectivity index (χ1v) is 7.67. The van der Waals surface area contributed by atoms with E-state index >= 15 is 0 Å². The van der Waals surface area contributed by atoms with E-state index in [2.05, 4.69) is 0 Å². The minimum absolute atomic E-state index is 0.312. The number of hydrogen-bond donors (Lipinski definition) is 0. The molecule has 5 heteroatoms. The number of esters is 2. The molecule has 0 radical (unpaired) electrons. The van der Waals surface area contributed by atoms with Crippen molar-refractivity contribution >= 4 is 17.7 Å². The molecule has 2 rings (SSSR count). The zero-order valence-corrected chi connectivity index (χ0v) is 14.0. The molecule has 0 aliphatic heterocycles. The highest BCUT2D eigenvalue weighted by Gasteiger charge is 2.09. The maximum Gasteiger partial charge on any atom is 0.336 e. The van der Waals surface area contributed by atoms with Gasteiger partial charge in [0.25, 0.3) is 0 Å². The van der Waals surface area contributed by atoms with Crippen molar-refractivity contribution in [1.29, 1.82) is 0 Å².